The van der Waals surface area contributed by atoms with E-state index in [9.17, 15) is 9.18 Å². The number of benzene rings is 1. The van der Waals surface area contributed by atoms with Gasteiger partial charge in [-0.2, -0.15) is 0 Å². The normalized spacial score (nSPS) is 15.3. The first kappa shape index (κ1) is 14.0. The number of nitrogens with one attached hydrogen (secondary N) is 2. The average molecular weight is 312 g/mol. The molecule has 23 heavy (non-hydrogen) atoms. The summed E-state index contributed by atoms with van der Waals surface area (Å²) in [4.78, 5) is 19.1. The second kappa shape index (κ2) is 5.53. The van der Waals surface area contributed by atoms with E-state index >= 15 is 0 Å². The molecule has 3 aromatic rings. The molecule has 1 aliphatic rings. The van der Waals surface area contributed by atoms with Gasteiger partial charge in [-0.1, -0.05) is 25.0 Å². The Morgan fingerprint density at radius 1 is 1.26 bits per heavy atom. The fraction of sp³-hybridized carbons (Fsp3) is 0.294. The minimum absolute atomic E-state index is 0.258. The number of rotatable bonds is 3. The van der Waals surface area contributed by atoms with Gasteiger partial charge in [0.25, 0.3) is 0 Å². The Morgan fingerprint density at radius 2 is 2.04 bits per heavy atom. The molecule has 0 bridgehead atoms. The van der Waals surface area contributed by atoms with Crippen molar-refractivity contribution < 1.29 is 4.39 Å². The molecule has 2 heterocycles. The van der Waals surface area contributed by atoms with Crippen molar-refractivity contribution in [3.63, 3.8) is 0 Å². The van der Waals surface area contributed by atoms with Gasteiger partial charge in [0.05, 0.1) is 22.9 Å². The van der Waals surface area contributed by atoms with Gasteiger partial charge in [0, 0.05) is 12.1 Å². The van der Waals surface area contributed by atoms with Crippen LogP contribution in [0.5, 0.6) is 0 Å². The highest BCUT2D eigenvalue weighted by atomic mass is 19.1. The van der Waals surface area contributed by atoms with Crippen molar-refractivity contribution in [1.82, 2.24) is 14.5 Å². The minimum Gasteiger partial charge on any atom is -0.365 e. The lowest BCUT2D eigenvalue weighted by Gasteiger charge is -2.13. The summed E-state index contributed by atoms with van der Waals surface area (Å²) in [5.74, 6) is -0.180. The van der Waals surface area contributed by atoms with Gasteiger partial charge in [0.2, 0.25) is 0 Å². The molecular weight excluding hydrogens is 295 g/mol. The molecule has 0 atom stereocenters. The number of halogens is 1. The fourth-order valence-electron chi connectivity index (χ4n) is 3.23. The van der Waals surface area contributed by atoms with Crippen molar-refractivity contribution in [3.05, 3.63) is 52.8 Å². The molecule has 0 amide bonds. The summed E-state index contributed by atoms with van der Waals surface area (Å²) in [5.41, 5.74) is 1.53. The number of imidazole rings is 1. The van der Waals surface area contributed by atoms with E-state index in [2.05, 4.69) is 15.3 Å². The molecule has 2 N–H and O–H groups in total. The van der Waals surface area contributed by atoms with Gasteiger partial charge in [-0.3, -0.25) is 4.57 Å². The van der Waals surface area contributed by atoms with Crippen molar-refractivity contribution in [2.45, 2.75) is 31.7 Å². The largest absolute Gasteiger partial charge is 0.365 e. The molecule has 0 radical (unpaired) electrons. The Kier molecular flexibility index (Phi) is 3.37. The van der Waals surface area contributed by atoms with Crippen LogP contribution in [0.15, 0.2) is 41.3 Å². The van der Waals surface area contributed by atoms with Crippen molar-refractivity contribution >= 4 is 16.9 Å². The third-order valence-electron chi connectivity index (χ3n) is 4.37. The average Bonchev–Trinajstić information content (AvgIpc) is 3.16. The number of aromatic nitrogens is 3. The van der Waals surface area contributed by atoms with Gasteiger partial charge in [-0.05, 0) is 25.0 Å². The Bertz CT molecular complexity index is 908. The minimum atomic E-state index is -0.438. The Hall–Kier alpha value is -2.63. The van der Waals surface area contributed by atoms with Gasteiger partial charge in [-0.15, -0.1) is 0 Å². The molecule has 4 rings (SSSR count). The van der Waals surface area contributed by atoms with Crippen LogP contribution in [0.1, 0.15) is 25.7 Å². The van der Waals surface area contributed by atoms with Gasteiger partial charge >= 0.3 is 5.69 Å². The third kappa shape index (κ3) is 2.50. The standard InChI is InChI=1S/C17H17FN4O/c18-13-9-12(10-19-16(13)20-11-5-1-2-6-11)22-15-8-4-3-7-14(15)21-17(22)23/h3-4,7-11H,1-2,5-6H2,(H,19,20)(H,21,23). The first-order valence-corrected chi connectivity index (χ1v) is 7.84. The van der Waals surface area contributed by atoms with Crippen LogP contribution in [-0.2, 0) is 0 Å². The van der Waals surface area contributed by atoms with Crippen LogP contribution in [0.3, 0.4) is 0 Å². The van der Waals surface area contributed by atoms with E-state index in [1.807, 2.05) is 24.3 Å². The maximum absolute atomic E-state index is 14.4. The van der Waals surface area contributed by atoms with Crippen LogP contribution in [0.2, 0.25) is 0 Å². The number of aromatic amines is 1. The summed E-state index contributed by atoms with van der Waals surface area (Å²) < 4.78 is 15.8. The molecule has 5 nitrogen and oxygen atoms in total. The number of anilines is 1. The van der Waals surface area contributed by atoms with E-state index in [4.69, 9.17) is 0 Å². The van der Waals surface area contributed by atoms with Gasteiger partial charge in [-0.25, -0.2) is 14.2 Å². The summed E-state index contributed by atoms with van der Waals surface area (Å²) in [5, 5.41) is 3.15. The summed E-state index contributed by atoms with van der Waals surface area (Å²) in [6.07, 6.45) is 5.96. The molecule has 1 fully saturated rings. The molecule has 6 heteroatoms. The summed E-state index contributed by atoms with van der Waals surface area (Å²) >= 11 is 0. The lowest BCUT2D eigenvalue weighted by molar-refractivity contribution is 0.616. The van der Waals surface area contributed by atoms with Crippen LogP contribution in [-0.4, -0.2) is 20.6 Å². The summed E-state index contributed by atoms with van der Waals surface area (Å²) in [6.45, 7) is 0. The molecule has 0 aliphatic heterocycles. The summed E-state index contributed by atoms with van der Waals surface area (Å²) in [7, 11) is 0. The van der Waals surface area contributed by atoms with Crippen LogP contribution >= 0.6 is 0 Å². The highest BCUT2D eigenvalue weighted by molar-refractivity contribution is 5.77. The van der Waals surface area contributed by atoms with Crippen LogP contribution in [0, 0.1) is 5.82 Å². The third-order valence-corrected chi connectivity index (χ3v) is 4.37. The SMILES string of the molecule is O=c1[nH]c2ccccc2n1-c1cnc(NC2CCCC2)c(F)c1. The maximum atomic E-state index is 14.4. The van der Waals surface area contributed by atoms with E-state index in [1.165, 1.54) is 29.7 Å². The molecular formula is C17H17FN4O. The Morgan fingerprint density at radius 3 is 2.83 bits per heavy atom. The quantitative estimate of drug-likeness (QED) is 0.780. The predicted molar refractivity (Wildman–Crippen MR) is 87.5 cm³/mol. The number of hydrogen-bond donors (Lipinski definition) is 2. The van der Waals surface area contributed by atoms with Crippen LogP contribution in [0.25, 0.3) is 16.7 Å². The molecule has 1 aliphatic carbocycles. The highest BCUT2D eigenvalue weighted by Gasteiger charge is 2.18. The maximum Gasteiger partial charge on any atom is 0.331 e. The lowest BCUT2D eigenvalue weighted by atomic mass is 10.2. The van der Waals surface area contributed by atoms with Gasteiger partial charge < -0.3 is 10.3 Å². The fourth-order valence-corrected chi connectivity index (χ4v) is 3.23. The Balaban J connectivity index is 1.73. The van der Waals surface area contributed by atoms with Crippen molar-refractivity contribution in [2.75, 3.05) is 5.32 Å². The number of fused-ring (bicyclic) bond motifs is 1. The Labute approximate surface area is 132 Å². The zero-order valence-corrected chi connectivity index (χ0v) is 12.6. The number of para-hydroxylation sites is 2. The first-order chi connectivity index (χ1) is 11.2. The number of pyridine rings is 1. The number of hydrogen-bond acceptors (Lipinski definition) is 3. The smallest absolute Gasteiger partial charge is 0.331 e. The highest BCUT2D eigenvalue weighted by Crippen LogP contribution is 2.24. The zero-order valence-electron chi connectivity index (χ0n) is 12.6. The zero-order chi connectivity index (χ0) is 15.8. The molecule has 2 aromatic heterocycles. The predicted octanol–water partition coefficient (Wildman–Crippen LogP) is 3.21. The molecule has 0 saturated heterocycles. The van der Waals surface area contributed by atoms with E-state index in [1.54, 1.807) is 0 Å². The van der Waals surface area contributed by atoms with Gasteiger partial charge in [0.15, 0.2) is 11.6 Å². The van der Waals surface area contributed by atoms with Crippen LogP contribution in [0.4, 0.5) is 10.2 Å². The van der Waals surface area contributed by atoms with Gasteiger partial charge in [0.1, 0.15) is 0 Å². The van der Waals surface area contributed by atoms with Crippen LogP contribution < -0.4 is 11.0 Å². The van der Waals surface area contributed by atoms with Crippen molar-refractivity contribution in [3.8, 4) is 5.69 Å². The topological polar surface area (TPSA) is 62.7 Å². The first-order valence-electron chi connectivity index (χ1n) is 7.84. The monoisotopic (exact) mass is 312 g/mol. The number of nitrogens with zero attached hydrogens (tertiary/aromatic N) is 2. The number of H-pyrrole nitrogens is 1. The molecule has 118 valence electrons. The molecule has 0 unspecified atom stereocenters. The molecule has 0 spiro atoms. The van der Waals surface area contributed by atoms with Crippen molar-refractivity contribution in [2.24, 2.45) is 0 Å². The molecule has 1 aromatic carbocycles. The summed E-state index contributed by atoms with van der Waals surface area (Å²) in [6, 6.07) is 8.95. The second-order valence-electron chi connectivity index (χ2n) is 5.93. The van der Waals surface area contributed by atoms with E-state index in [0.29, 0.717) is 22.8 Å². The van der Waals surface area contributed by atoms with E-state index in [-0.39, 0.29) is 11.5 Å². The lowest BCUT2D eigenvalue weighted by Crippen LogP contribution is -2.18. The van der Waals surface area contributed by atoms with E-state index < -0.39 is 5.82 Å². The second-order valence-corrected chi connectivity index (χ2v) is 5.93. The molecule has 1 saturated carbocycles. The van der Waals surface area contributed by atoms with E-state index in [0.717, 1.165) is 12.8 Å². The van der Waals surface area contributed by atoms with Crippen molar-refractivity contribution in [1.29, 1.82) is 0 Å².